The summed E-state index contributed by atoms with van der Waals surface area (Å²) in [4.78, 5) is 23.0. The maximum Gasteiger partial charge on any atom is 0.431 e. The van der Waals surface area contributed by atoms with E-state index in [1.165, 1.54) is 13.3 Å². The van der Waals surface area contributed by atoms with E-state index in [0.29, 0.717) is 6.42 Å². The summed E-state index contributed by atoms with van der Waals surface area (Å²) < 4.78 is 9.69. The molecule has 1 heterocycles. The minimum absolute atomic E-state index is 0.353. The minimum atomic E-state index is -0.708. The molecule has 1 unspecified atom stereocenters. The van der Waals surface area contributed by atoms with Crippen LogP contribution in [0, 0.1) is 0 Å². The van der Waals surface area contributed by atoms with Crippen molar-refractivity contribution in [1.82, 2.24) is 5.01 Å². The lowest BCUT2D eigenvalue weighted by atomic mass is 10.2. The van der Waals surface area contributed by atoms with Crippen molar-refractivity contribution in [3.63, 3.8) is 0 Å². The average molecular weight is 228 g/mol. The Balaban J connectivity index is 2.68. The van der Waals surface area contributed by atoms with Gasteiger partial charge in [-0.3, -0.25) is 0 Å². The van der Waals surface area contributed by atoms with E-state index in [2.05, 4.69) is 9.84 Å². The number of hydrazone groups is 1. The van der Waals surface area contributed by atoms with Crippen LogP contribution < -0.4 is 0 Å². The standard InChI is InChI=1S/C10H16N2O4/c1-10(2,3)16-9(14)12-7(5-6-11-12)8(13)15-4/h6-7H,5H2,1-4H3. The smallest absolute Gasteiger partial charge is 0.431 e. The van der Waals surface area contributed by atoms with Gasteiger partial charge in [0.2, 0.25) is 0 Å². The van der Waals surface area contributed by atoms with E-state index in [0.717, 1.165) is 5.01 Å². The molecular formula is C10H16N2O4. The van der Waals surface area contributed by atoms with Gasteiger partial charge >= 0.3 is 12.1 Å². The molecule has 1 atom stereocenters. The van der Waals surface area contributed by atoms with Gasteiger partial charge in [0.1, 0.15) is 5.60 Å². The molecule has 0 bridgehead atoms. The summed E-state index contributed by atoms with van der Waals surface area (Å²) in [6.07, 6.45) is 1.20. The van der Waals surface area contributed by atoms with E-state index in [1.54, 1.807) is 20.8 Å². The number of rotatable bonds is 1. The molecule has 1 aliphatic rings. The van der Waals surface area contributed by atoms with E-state index in [9.17, 15) is 9.59 Å². The lowest BCUT2D eigenvalue weighted by Gasteiger charge is -2.25. The summed E-state index contributed by atoms with van der Waals surface area (Å²) in [5.41, 5.74) is -0.615. The summed E-state index contributed by atoms with van der Waals surface area (Å²) in [6.45, 7) is 5.24. The number of esters is 1. The van der Waals surface area contributed by atoms with Crippen LogP contribution in [0.3, 0.4) is 0 Å². The molecular weight excluding hydrogens is 212 g/mol. The normalized spacial score (nSPS) is 19.8. The molecule has 0 aromatic heterocycles. The molecule has 0 spiro atoms. The first-order chi connectivity index (χ1) is 7.35. The number of nitrogens with zero attached hydrogens (tertiary/aromatic N) is 2. The van der Waals surface area contributed by atoms with Gasteiger partial charge in [-0.15, -0.1) is 0 Å². The number of amides is 1. The molecule has 0 radical (unpaired) electrons. The lowest BCUT2D eigenvalue weighted by molar-refractivity contribution is -0.146. The van der Waals surface area contributed by atoms with Crippen molar-refractivity contribution in [2.75, 3.05) is 7.11 Å². The van der Waals surface area contributed by atoms with Crippen molar-refractivity contribution in [2.24, 2.45) is 5.10 Å². The van der Waals surface area contributed by atoms with Gasteiger partial charge < -0.3 is 9.47 Å². The van der Waals surface area contributed by atoms with E-state index in [1.807, 2.05) is 0 Å². The van der Waals surface area contributed by atoms with Gasteiger partial charge in [0.25, 0.3) is 0 Å². The predicted molar refractivity (Wildman–Crippen MR) is 57.0 cm³/mol. The highest BCUT2D eigenvalue weighted by Gasteiger charge is 2.36. The fourth-order valence-corrected chi connectivity index (χ4v) is 1.23. The molecule has 1 rings (SSSR count). The molecule has 6 heteroatoms. The molecule has 0 aromatic carbocycles. The van der Waals surface area contributed by atoms with Crippen molar-refractivity contribution < 1.29 is 19.1 Å². The fourth-order valence-electron chi connectivity index (χ4n) is 1.23. The van der Waals surface area contributed by atoms with Crippen molar-refractivity contribution in [1.29, 1.82) is 0 Å². The van der Waals surface area contributed by atoms with Gasteiger partial charge in [-0.25, -0.2) is 9.59 Å². The first-order valence-corrected chi connectivity index (χ1v) is 4.97. The van der Waals surface area contributed by atoms with Gasteiger partial charge in [-0.1, -0.05) is 0 Å². The first-order valence-electron chi connectivity index (χ1n) is 4.97. The van der Waals surface area contributed by atoms with Crippen LogP contribution in [0.25, 0.3) is 0 Å². The summed E-state index contributed by atoms with van der Waals surface area (Å²) in [5.74, 6) is -0.497. The van der Waals surface area contributed by atoms with Crippen LogP contribution in [0.1, 0.15) is 27.2 Å². The molecule has 6 nitrogen and oxygen atoms in total. The molecule has 0 aliphatic carbocycles. The molecule has 0 aromatic rings. The third-order valence-electron chi connectivity index (χ3n) is 1.88. The van der Waals surface area contributed by atoms with Gasteiger partial charge in [-0.05, 0) is 20.8 Å². The zero-order valence-electron chi connectivity index (χ0n) is 9.89. The molecule has 90 valence electrons. The maximum atomic E-state index is 11.7. The largest absolute Gasteiger partial charge is 0.467 e. The number of methoxy groups -OCH3 is 1. The molecule has 0 fully saturated rings. The quantitative estimate of drug-likeness (QED) is 0.631. The van der Waals surface area contributed by atoms with E-state index >= 15 is 0 Å². The Morgan fingerprint density at radius 2 is 2.06 bits per heavy atom. The minimum Gasteiger partial charge on any atom is -0.467 e. The Labute approximate surface area is 94.2 Å². The van der Waals surface area contributed by atoms with Crippen LogP contribution >= 0.6 is 0 Å². The second-order valence-corrected chi connectivity index (χ2v) is 4.40. The zero-order chi connectivity index (χ0) is 12.3. The Morgan fingerprint density at radius 1 is 1.44 bits per heavy atom. The van der Waals surface area contributed by atoms with Crippen LogP contribution in [0.4, 0.5) is 4.79 Å². The van der Waals surface area contributed by atoms with Gasteiger partial charge in [0.05, 0.1) is 7.11 Å². The molecule has 16 heavy (non-hydrogen) atoms. The molecule has 0 saturated heterocycles. The van der Waals surface area contributed by atoms with Crippen LogP contribution in [-0.2, 0) is 14.3 Å². The highest BCUT2D eigenvalue weighted by molar-refractivity contribution is 5.86. The van der Waals surface area contributed by atoms with Crippen molar-refractivity contribution >= 4 is 18.3 Å². The number of carbonyl (C=O) groups excluding carboxylic acids is 2. The second-order valence-electron chi connectivity index (χ2n) is 4.40. The topological polar surface area (TPSA) is 68.2 Å². The predicted octanol–water partition coefficient (Wildman–Crippen LogP) is 1.15. The van der Waals surface area contributed by atoms with Crippen molar-refractivity contribution in [3.05, 3.63) is 0 Å². The number of ether oxygens (including phenoxy) is 2. The molecule has 1 aliphatic heterocycles. The third-order valence-corrected chi connectivity index (χ3v) is 1.88. The summed E-state index contributed by atoms with van der Waals surface area (Å²) in [5, 5.41) is 4.81. The average Bonchev–Trinajstić information content (AvgIpc) is 2.62. The number of hydrogen-bond acceptors (Lipinski definition) is 5. The number of hydrogen-bond donors (Lipinski definition) is 0. The van der Waals surface area contributed by atoms with Crippen LogP contribution in [0.15, 0.2) is 5.10 Å². The van der Waals surface area contributed by atoms with Gasteiger partial charge in [0, 0.05) is 12.6 Å². The SMILES string of the molecule is COC(=O)C1CC=NN1C(=O)OC(C)(C)C. The Morgan fingerprint density at radius 3 is 2.56 bits per heavy atom. The second kappa shape index (κ2) is 4.51. The highest BCUT2D eigenvalue weighted by Crippen LogP contribution is 2.17. The van der Waals surface area contributed by atoms with E-state index in [-0.39, 0.29) is 0 Å². The van der Waals surface area contributed by atoms with Crippen molar-refractivity contribution in [3.8, 4) is 0 Å². The Bertz CT molecular complexity index is 319. The zero-order valence-corrected chi connectivity index (χ0v) is 9.89. The maximum absolute atomic E-state index is 11.7. The molecule has 1 amide bonds. The van der Waals surface area contributed by atoms with Gasteiger partial charge in [-0.2, -0.15) is 10.1 Å². The van der Waals surface area contributed by atoms with Crippen molar-refractivity contribution in [2.45, 2.75) is 38.8 Å². The molecule has 0 saturated carbocycles. The van der Waals surface area contributed by atoms with Crippen LogP contribution in [0.2, 0.25) is 0 Å². The third kappa shape index (κ3) is 2.95. The first kappa shape index (κ1) is 12.5. The Hall–Kier alpha value is -1.59. The summed E-state index contributed by atoms with van der Waals surface area (Å²) in [7, 11) is 1.27. The highest BCUT2D eigenvalue weighted by atomic mass is 16.6. The number of carbonyl (C=O) groups is 2. The summed E-state index contributed by atoms with van der Waals surface area (Å²) >= 11 is 0. The van der Waals surface area contributed by atoms with E-state index in [4.69, 9.17) is 4.74 Å². The van der Waals surface area contributed by atoms with Crippen LogP contribution in [-0.4, -0.2) is 42.0 Å². The lowest BCUT2D eigenvalue weighted by Crippen LogP contribution is -2.42. The fraction of sp³-hybridized carbons (Fsp3) is 0.700. The Kier molecular flexibility index (Phi) is 3.51. The summed E-state index contributed by atoms with van der Waals surface area (Å²) in [6, 6.07) is -0.708. The van der Waals surface area contributed by atoms with E-state index < -0.39 is 23.7 Å². The monoisotopic (exact) mass is 228 g/mol. The molecule has 0 N–H and O–H groups in total. The van der Waals surface area contributed by atoms with Crippen LogP contribution in [0.5, 0.6) is 0 Å². The van der Waals surface area contributed by atoms with Gasteiger partial charge in [0.15, 0.2) is 6.04 Å².